The minimum absolute atomic E-state index is 0.0716. The van der Waals surface area contributed by atoms with E-state index in [4.69, 9.17) is 5.11 Å². The first kappa shape index (κ1) is 9.48. The van der Waals surface area contributed by atoms with Crippen LogP contribution in [0, 0.1) is 5.92 Å². The van der Waals surface area contributed by atoms with Gasteiger partial charge in [-0.2, -0.15) is 0 Å². The number of piperidine rings is 1. The molecule has 0 radical (unpaired) electrons. The molecule has 1 aliphatic rings. The molecule has 4 heteroatoms. The zero-order valence-corrected chi connectivity index (χ0v) is 7.37. The van der Waals surface area contributed by atoms with Crippen LogP contribution in [-0.4, -0.2) is 34.4 Å². The summed E-state index contributed by atoms with van der Waals surface area (Å²) in [5.41, 5.74) is -1.54. The van der Waals surface area contributed by atoms with Gasteiger partial charge in [0.1, 0.15) is 0 Å². The fraction of sp³-hybridized carbons (Fsp3) is 0.875. The second-order valence-electron chi connectivity index (χ2n) is 3.64. The van der Waals surface area contributed by atoms with E-state index in [1.54, 1.807) is 6.92 Å². The van der Waals surface area contributed by atoms with E-state index < -0.39 is 11.6 Å². The maximum Gasteiger partial charge on any atom is 0.336 e. The summed E-state index contributed by atoms with van der Waals surface area (Å²) in [4.78, 5) is 10.8. The molecule has 0 saturated carbocycles. The molecule has 4 nitrogen and oxygen atoms in total. The lowest BCUT2D eigenvalue weighted by molar-refractivity contribution is -0.168. The second kappa shape index (κ2) is 3.03. The lowest BCUT2D eigenvalue weighted by atomic mass is 9.80. The summed E-state index contributed by atoms with van der Waals surface area (Å²) in [6.45, 7) is 4.18. The number of carboxylic acid groups (broad SMARTS) is 1. The van der Waals surface area contributed by atoms with E-state index >= 15 is 0 Å². The number of carboxylic acids is 1. The summed E-state index contributed by atoms with van der Waals surface area (Å²) in [5, 5.41) is 21.7. The Morgan fingerprint density at radius 3 is 2.58 bits per heavy atom. The van der Waals surface area contributed by atoms with Gasteiger partial charge < -0.3 is 15.5 Å². The average molecular weight is 173 g/mol. The van der Waals surface area contributed by atoms with Gasteiger partial charge >= 0.3 is 5.97 Å². The van der Waals surface area contributed by atoms with Gasteiger partial charge in [-0.15, -0.1) is 0 Å². The van der Waals surface area contributed by atoms with Gasteiger partial charge in [-0.25, -0.2) is 4.79 Å². The Balaban J connectivity index is 2.77. The normalized spacial score (nSPS) is 42.6. The van der Waals surface area contributed by atoms with Crippen LogP contribution in [0.25, 0.3) is 0 Å². The molecule has 1 saturated heterocycles. The summed E-state index contributed by atoms with van der Waals surface area (Å²) in [6.07, 6.45) is 0.281. The molecular weight excluding hydrogens is 158 g/mol. The van der Waals surface area contributed by atoms with E-state index in [1.165, 1.54) is 0 Å². The largest absolute Gasteiger partial charge is 0.479 e. The number of hydrogen-bond donors (Lipinski definition) is 3. The van der Waals surface area contributed by atoms with Crippen molar-refractivity contribution in [3.8, 4) is 0 Å². The van der Waals surface area contributed by atoms with E-state index in [0.717, 1.165) is 0 Å². The van der Waals surface area contributed by atoms with Crippen molar-refractivity contribution in [2.24, 2.45) is 5.92 Å². The Kier molecular flexibility index (Phi) is 2.39. The molecule has 0 bridgehead atoms. The van der Waals surface area contributed by atoms with Crippen molar-refractivity contribution in [1.82, 2.24) is 5.32 Å². The first-order chi connectivity index (χ1) is 5.47. The Labute approximate surface area is 71.6 Å². The van der Waals surface area contributed by atoms with E-state index in [9.17, 15) is 9.90 Å². The van der Waals surface area contributed by atoms with E-state index in [2.05, 4.69) is 5.32 Å². The molecule has 0 unspecified atom stereocenters. The SMILES string of the molecule is C[C@@H]1C[C@](O)(C(=O)O)[C@@H](C)CN1. The summed E-state index contributed by atoms with van der Waals surface area (Å²) >= 11 is 0. The van der Waals surface area contributed by atoms with Crippen LogP contribution in [0.4, 0.5) is 0 Å². The predicted molar refractivity (Wildman–Crippen MR) is 43.8 cm³/mol. The van der Waals surface area contributed by atoms with Gasteiger partial charge in [0.05, 0.1) is 0 Å². The van der Waals surface area contributed by atoms with Crippen LogP contribution in [0.15, 0.2) is 0 Å². The molecule has 1 aliphatic heterocycles. The van der Waals surface area contributed by atoms with Gasteiger partial charge in [0.15, 0.2) is 5.60 Å². The Morgan fingerprint density at radius 2 is 2.17 bits per heavy atom. The van der Waals surface area contributed by atoms with Crippen LogP contribution in [0.2, 0.25) is 0 Å². The van der Waals surface area contributed by atoms with Gasteiger partial charge in [-0.3, -0.25) is 0 Å². The van der Waals surface area contributed by atoms with Crippen molar-refractivity contribution >= 4 is 5.97 Å². The third kappa shape index (κ3) is 1.44. The third-order valence-electron chi connectivity index (χ3n) is 2.58. The highest BCUT2D eigenvalue weighted by Crippen LogP contribution is 2.26. The van der Waals surface area contributed by atoms with Crippen molar-refractivity contribution in [3.63, 3.8) is 0 Å². The molecule has 70 valence electrons. The van der Waals surface area contributed by atoms with Gasteiger partial charge in [0, 0.05) is 24.9 Å². The minimum atomic E-state index is -1.54. The van der Waals surface area contributed by atoms with E-state index in [-0.39, 0.29) is 18.4 Å². The summed E-state index contributed by atoms with van der Waals surface area (Å²) in [5.74, 6) is -1.34. The summed E-state index contributed by atoms with van der Waals surface area (Å²) < 4.78 is 0. The molecule has 0 aromatic heterocycles. The fourth-order valence-corrected chi connectivity index (χ4v) is 1.59. The van der Waals surface area contributed by atoms with Crippen LogP contribution >= 0.6 is 0 Å². The highest BCUT2D eigenvalue weighted by molar-refractivity contribution is 5.77. The van der Waals surface area contributed by atoms with Crippen molar-refractivity contribution in [3.05, 3.63) is 0 Å². The second-order valence-corrected chi connectivity index (χ2v) is 3.64. The Hall–Kier alpha value is -0.610. The van der Waals surface area contributed by atoms with Crippen LogP contribution < -0.4 is 5.32 Å². The molecule has 3 N–H and O–H groups in total. The van der Waals surface area contributed by atoms with Crippen molar-refractivity contribution < 1.29 is 15.0 Å². The molecule has 1 rings (SSSR count). The molecule has 0 aromatic rings. The fourth-order valence-electron chi connectivity index (χ4n) is 1.59. The van der Waals surface area contributed by atoms with Gasteiger partial charge in [0.2, 0.25) is 0 Å². The first-order valence-corrected chi connectivity index (χ1v) is 4.16. The Bertz CT molecular complexity index is 195. The molecule has 3 atom stereocenters. The standard InChI is InChI=1S/C8H15NO3/c1-5-4-9-6(2)3-8(5,12)7(10)11/h5-6,9,12H,3-4H2,1-2H3,(H,10,11)/t5-,6+,8+/m0/s1. The maximum atomic E-state index is 10.8. The smallest absolute Gasteiger partial charge is 0.336 e. The van der Waals surface area contributed by atoms with Crippen molar-refractivity contribution in [2.75, 3.05) is 6.54 Å². The summed E-state index contributed by atoms with van der Waals surface area (Å²) in [6, 6.07) is 0.0716. The number of aliphatic hydroxyl groups is 1. The molecule has 0 aromatic carbocycles. The van der Waals surface area contributed by atoms with E-state index in [0.29, 0.717) is 6.54 Å². The molecule has 1 fully saturated rings. The molecule has 12 heavy (non-hydrogen) atoms. The number of nitrogens with one attached hydrogen (secondary N) is 1. The molecular formula is C8H15NO3. The highest BCUT2D eigenvalue weighted by atomic mass is 16.4. The maximum absolute atomic E-state index is 10.8. The van der Waals surface area contributed by atoms with Gasteiger partial charge in [-0.05, 0) is 6.92 Å². The lowest BCUT2D eigenvalue weighted by Gasteiger charge is -2.38. The number of hydrogen-bond acceptors (Lipinski definition) is 3. The molecule has 0 amide bonds. The highest BCUT2D eigenvalue weighted by Gasteiger charge is 2.45. The monoisotopic (exact) mass is 173 g/mol. The lowest BCUT2D eigenvalue weighted by Crippen LogP contribution is -2.57. The third-order valence-corrected chi connectivity index (χ3v) is 2.58. The van der Waals surface area contributed by atoms with Crippen LogP contribution in [0.3, 0.4) is 0 Å². The quantitative estimate of drug-likeness (QED) is 0.514. The number of aliphatic carboxylic acids is 1. The Morgan fingerprint density at radius 1 is 1.58 bits per heavy atom. The van der Waals surface area contributed by atoms with E-state index in [1.807, 2.05) is 6.92 Å². The van der Waals surface area contributed by atoms with Gasteiger partial charge in [0.25, 0.3) is 0 Å². The minimum Gasteiger partial charge on any atom is -0.479 e. The average Bonchev–Trinajstić information content (AvgIpc) is 1.97. The van der Waals surface area contributed by atoms with Crippen LogP contribution in [0.1, 0.15) is 20.3 Å². The molecule has 1 heterocycles. The molecule has 0 aliphatic carbocycles. The first-order valence-electron chi connectivity index (χ1n) is 4.16. The predicted octanol–water partition coefficient (Wildman–Crippen LogP) is -0.180. The zero-order valence-electron chi connectivity index (χ0n) is 7.37. The van der Waals surface area contributed by atoms with Gasteiger partial charge in [-0.1, -0.05) is 6.92 Å². The zero-order chi connectivity index (χ0) is 9.35. The van der Waals surface area contributed by atoms with Crippen molar-refractivity contribution in [1.29, 1.82) is 0 Å². The van der Waals surface area contributed by atoms with Crippen molar-refractivity contribution in [2.45, 2.75) is 31.9 Å². The summed E-state index contributed by atoms with van der Waals surface area (Å²) in [7, 11) is 0. The number of carbonyl (C=O) groups is 1. The number of rotatable bonds is 1. The topological polar surface area (TPSA) is 69.6 Å². The van der Waals surface area contributed by atoms with Crippen LogP contribution in [-0.2, 0) is 4.79 Å². The molecule has 0 spiro atoms. The van der Waals surface area contributed by atoms with Crippen LogP contribution in [0.5, 0.6) is 0 Å².